The molecule has 7 heteroatoms. The largest absolute Gasteiger partial charge is 0.508 e. The van der Waals surface area contributed by atoms with Crippen molar-refractivity contribution in [3.63, 3.8) is 0 Å². The number of aryl methyl sites for hydroxylation is 2. The molecule has 33 heavy (non-hydrogen) atoms. The van der Waals surface area contributed by atoms with Crippen LogP contribution in [-0.2, 0) is 24.4 Å². The summed E-state index contributed by atoms with van der Waals surface area (Å²) >= 11 is 0. The molecule has 0 fully saturated rings. The third-order valence-electron chi connectivity index (χ3n) is 6.53. The van der Waals surface area contributed by atoms with Crippen molar-refractivity contribution < 1.29 is 9.84 Å². The number of phenolic OH excluding ortho intramolecular Hbond substituents is 1. The summed E-state index contributed by atoms with van der Waals surface area (Å²) in [5.74, 6) is 0.132. The van der Waals surface area contributed by atoms with E-state index in [-0.39, 0.29) is 11.3 Å². The molecule has 0 aliphatic carbocycles. The average Bonchev–Trinajstić information content (AvgIpc) is 3.14. The second-order valence-electron chi connectivity index (χ2n) is 9.47. The Morgan fingerprint density at radius 2 is 1.76 bits per heavy atom. The van der Waals surface area contributed by atoms with Gasteiger partial charge in [-0.3, -0.25) is 13.9 Å². The molecule has 0 amide bonds. The van der Waals surface area contributed by atoms with E-state index in [1.54, 1.807) is 25.2 Å². The van der Waals surface area contributed by atoms with E-state index in [0.29, 0.717) is 17.5 Å². The van der Waals surface area contributed by atoms with Crippen LogP contribution in [0.25, 0.3) is 22.2 Å². The first-order valence-electron chi connectivity index (χ1n) is 10.9. The molecule has 1 aliphatic heterocycles. The van der Waals surface area contributed by atoms with Crippen molar-refractivity contribution in [3.05, 3.63) is 86.2 Å². The zero-order valence-electron chi connectivity index (χ0n) is 19.4. The van der Waals surface area contributed by atoms with E-state index in [9.17, 15) is 14.7 Å². The SMILES string of the molecule is Cc1cccc(-c2c3c(=O)n(C)c(=O)n(C)c3c3n2C(C)(C)CO[C@H]3c2cccc(O)c2)c1. The van der Waals surface area contributed by atoms with Gasteiger partial charge < -0.3 is 14.4 Å². The number of rotatable bonds is 2. The molecule has 1 N–H and O–H groups in total. The number of ether oxygens (including phenoxy) is 1. The maximum atomic E-state index is 13.6. The fraction of sp³-hybridized carbons (Fsp3) is 0.308. The number of hydrogen-bond acceptors (Lipinski definition) is 4. The summed E-state index contributed by atoms with van der Waals surface area (Å²) in [4.78, 5) is 26.5. The Labute approximate surface area is 191 Å². The normalized spacial score (nSPS) is 17.3. The lowest BCUT2D eigenvalue weighted by atomic mass is 9.97. The van der Waals surface area contributed by atoms with Gasteiger partial charge in [0.25, 0.3) is 5.56 Å². The van der Waals surface area contributed by atoms with Crippen molar-refractivity contribution in [3.8, 4) is 17.0 Å². The van der Waals surface area contributed by atoms with Crippen molar-refractivity contribution in [2.45, 2.75) is 32.4 Å². The summed E-state index contributed by atoms with van der Waals surface area (Å²) in [6.45, 7) is 6.55. The Hall–Kier alpha value is -3.58. The van der Waals surface area contributed by atoms with Gasteiger partial charge >= 0.3 is 5.69 Å². The van der Waals surface area contributed by atoms with E-state index in [4.69, 9.17) is 4.74 Å². The smallest absolute Gasteiger partial charge is 0.331 e. The molecular weight excluding hydrogens is 418 g/mol. The van der Waals surface area contributed by atoms with Gasteiger partial charge in [0.1, 0.15) is 11.9 Å². The van der Waals surface area contributed by atoms with Crippen LogP contribution in [0.3, 0.4) is 0 Å². The van der Waals surface area contributed by atoms with Crippen LogP contribution in [0.5, 0.6) is 5.75 Å². The van der Waals surface area contributed by atoms with Gasteiger partial charge in [-0.05, 0) is 50.1 Å². The summed E-state index contributed by atoms with van der Waals surface area (Å²) in [5.41, 5.74) is 3.60. The van der Waals surface area contributed by atoms with Crippen LogP contribution in [0.2, 0.25) is 0 Å². The van der Waals surface area contributed by atoms with Crippen LogP contribution in [0, 0.1) is 6.92 Å². The molecule has 2 aromatic carbocycles. The molecule has 0 bridgehead atoms. The first-order chi connectivity index (χ1) is 15.6. The molecule has 1 atom stereocenters. The first kappa shape index (κ1) is 21.3. The third-order valence-corrected chi connectivity index (χ3v) is 6.53. The highest BCUT2D eigenvalue weighted by Gasteiger charge is 2.40. The number of benzene rings is 2. The monoisotopic (exact) mass is 445 g/mol. The Bertz CT molecular complexity index is 1540. The standard InChI is InChI=1S/C26H27N3O4/c1-15-8-6-9-16(12-15)20-19-21(27(4)25(32)28(5)24(19)31)22-23(17-10-7-11-18(30)13-17)33-14-26(2,3)29(20)22/h6-13,23,30H,14H2,1-5H3/t23-/m0/s1. The minimum atomic E-state index is -0.552. The zero-order valence-corrected chi connectivity index (χ0v) is 19.4. The molecule has 7 nitrogen and oxygen atoms in total. The molecule has 1 aliphatic rings. The molecular formula is C26H27N3O4. The van der Waals surface area contributed by atoms with E-state index in [2.05, 4.69) is 24.5 Å². The average molecular weight is 446 g/mol. The van der Waals surface area contributed by atoms with Crippen molar-refractivity contribution in [2.75, 3.05) is 6.61 Å². The van der Waals surface area contributed by atoms with E-state index in [1.807, 2.05) is 31.2 Å². The first-order valence-corrected chi connectivity index (χ1v) is 10.9. The van der Waals surface area contributed by atoms with Crippen LogP contribution >= 0.6 is 0 Å². The lowest BCUT2D eigenvalue weighted by Crippen LogP contribution is -2.40. The number of hydrogen-bond donors (Lipinski definition) is 1. The van der Waals surface area contributed by atoms with Gasteiger partial charge in [-0.15, -0.1) is 0 Å². The Morgan fingerprint density at radius 1 is 1.03 bits per heavy atom. The predicted molar refractivity (Wildman–Crippen MR) is 128 cm³/mol. The molecule has 0 saturated carbocycles. The van der Waals surface area contributed by atoms with Gasteiger partial charge in [-0.1, -0.05) is 35.9 Å². The molecule has 0 spiro atoms. The molecule has 0 saturated heterocycles. The number of phenols is 1. The molecule has 3 heterocycles. The summed E-state index contributed by atoms with van der Waals surface area (Å²) in [5, 5.41) is 10.6. The van der Waals surface area contributed by atoms with Gasteiger partial charge in [0, 0.05) is 14.1 Å². The highest BCUT2D eigenvalue weighted by atomic mass is 16.5. The second-order valence-corrected chi connectivity index (χ2v) is 9.47. The molecule has 4 aromatic rings. The minimum Gasteiger partial charge on any atom is -0.508 e. The van der Waals surface area contributed by atoms with Crippen molar-refractivity contribution >= 4 is 10.9 Å². The van der Waals surface area contributed by atoms with E-state index in [0.717, 1.165) is 32.6 Å². The second kappa shape index (κ2) is 7.22. The van der Waals surface area contributed by atoms with Crippen LogP contribution in [0.4, 0.5) is 0 Å². The molecule has 0 unspecified atom stereocenters. The van der Waals surface area contributed by atoms with Gasteiger partial charge in [0.15, 0.2) is 0 Å². The van der Waals surface area contributed by atoms with Gasteiger partial charge in [-0.2, -0.15) is 0 Å². The maximum absolute atomic E-state index is 13.6. The highest BCUT2D eigenvalue weighted by Crippen LogP contribution is 2.45. The Balaban J connectivity index is 2.03. The third kappa shape index (κ3) is 3.07. The fourth-order valence-corrected chi connectivity index (χ4v) is 5.00. The minimum absolute atomic E-state index is 0.132. The number of aromatic hydroxyl groups is 1. The molecule has 5 rings (SSSR count). The number of nitrogens with zero attached hydrogens (tertiary/aromatic N) is 3. The van der Waals surface area contributed by atoms with Crippen LogP contribution in [0.1, 0.15) is 36.8 Å². The van der Waals surface area contributed by atoms with Crippen LogP contribution < -0.4 is 11.2 Å². The zero-order chi connectivity index (χ0) is 23.7. The summed E-state index contributed by atoms with van der Waals surface area (Å²) in [6, 6.07) is 15.0. The van der Waals surface area contributed by atoms with Crippen molar-refractivity contribution in [1.82, 2.24) is 13.7 Å². The summed E-state index contributed by atoms with van der Waals surface area (Å²) in [7, 11) is 3.20. The topological polar surface area (TPSA) is 78.4 Å². The summed E-state index contributed by atoms with van der Waals surface area (Å²) < 4.78 is 11.2. The summed E-state index contributed by atoms with van der Waals surface area (Å²) in [6.07, 6.45) is -0.552. The maximum Gasteiger partial charge on any atom is 0.331 e. The number of aromatic nitrogens is 3. The van der Waals surface area contributed by atoms with Gasteiger partial charge in [0.05, 0.1) is 34.4 Å². The van der Waals surface area contributed by atoms with Crippen molar-refractivity contribution in [2.24, 2.45) is 14.1 Å². The predicted octanol–water partition coefficient (Wildman–Crippen LogP) is 3.57. The fourth-order valence-electron chi connectivity index (χ4n) is 5.00. The van der Waals surface area contributed by atoms with E-state index >= 15 is 0 Å². The quantitative estimate of drug-likeness (QED) is 0.512. The lowest BCUT2D eigenvalue weighted by Gasteiger charge is -2.39. The molecule has 170 valence electrons. The van der Waals surface area contributed by atoms with Crippen LogP contribution in [0.15, 0.2) is 58.1 Å². The molecule has 2 aromatic heterocycles. The van der Waals surface area contributed by atoms with E-state index < -0.39 is 17.3 Å². The van der Waals surface area contributed by atoms with Gasteiger partial charge in [0.2, 0.25) is 0 Å². The van der Waals surface area contributed by atoms with Crippen LogP contribution in [-0.4, -0.2) is 25.4 Å². The Kier molecular flexibility index (Phi) is 4.65. The lowest BCUT2D eigenvalue weighted by molar-refractivity contribution is -0.00714. The van der Waals surface area contributed by atoms with E-state index in [1.165, 1.54) is 11.6 Å². The van der Waals surface area contributed by atoms with Crippen molar-refractivity contribution in [1.29, 1.82) is 0 Å². The number of fused-ring (bicyclic) bond motifs is 3. The van der Waals surface area contributed by atoms with Gasteiger partial charge in [-0.25, -0.2) is 4.79 Å². The molecule has 0 radical (unpaired) electrons. The highest BCUT2D eigenvalue weighted by molar-refractivity contribution is 5.97. The Morgan fingerprint density at radius 3 is 2.45 bits per heavy atom.